The number of hydrazone groups is 1. The summed E-state index contributed by atoms with van der Waals surface area (Å²) in [4.78, 5) is 12.5. The maximum Gasteiger partial charge on any atom is 0.281 e. The number of rotatable bonds is 4. The molecule has 1 heterocycles. The first-order chi connectivity index (χ1) is 12.8. The van der Waals surface area contributed by atoms with E-state index < -0.39 is 6.10 Å². The van der Waals surface area contributed by atoms with Crippen molar-refractivity contribution in [3.8, 4) is 5.75 Å². The first-order valence-electron chi connectivity index (χ1n) is 8.54. The average molecular weight is 342 g/mol. The molecule has 0 saturated heterocycles. The van der Waals surface area contributed by atoms with Crippen LogP contribution in [0.3, 0.4) is 0 Å². The van der Waals surface area contributed by atoms with Gasteiger partial charge in [-0.2, -0.15) is 5.10 Å². The second-order valence-corrected chi connectivity index (χ2v) is 6.09. The lowest BCUT2D eigenvalue weighted by Crippen LogP contribution is -2.35. The second kappa shape index (κ2) is 7.23. The van der Waals surface area contributed by atoms with E-state index in [4.69, 9.17) is 4.74 Å². The summed E-state index contributed by atoms with van der Waals surface area (Å²) >= 11 is 0. The fourth-order valence-corrected chi connectivity index (χ4v) is 3.00. The zero-order valence-electron chi connectivity index (χ0n) is 14.1. The van der Waals surface area contributed by atoms with Gasteiger partial charge in [-0.3, -0.25) is 4.79 Å². The Labute approximate surface area is 152 Å². The third-order valence-corrected chi connectivity index (χ3v) is 4.31. The van der Waals surface area contributed by atoms with Gasteiger partial charge in [0.05, 0.1) is 5.71 Å². The van der Waals surface area contributed by atoms with Crippen LogP contribution in [0, 0.1) is 0 Å². The summed E-state index contributed by atoms with van der Waals surface area (Å²) < 4.78 is 5.73. The van der Waals surface area contributed by atoms with Gasteiger partial charge in [0.1, 0.15) is 5.75 Å². The molecule has 4 rings (SSSR count). The van der Waals surface area contributed by atoms with E-state index in [-0.39, 0.29) is 5.91 Å². The summed E-state index contributed by atoms with van der Waals surface area (Å²) in [5.41, 5.74) is 6.32. The molecule has 1 aliphatic rings. The first-order valence-corrected chi connectivity index (χ1v) is 8.54. The Bertz CT molecular complexity index is 870. The maximum atomic E-state index is 12.5. The second-order valence-electron chi connectivity index (χ2n) is 6.09. The van der Waals surface area contributed by atoms with Gasteiger partial charge in [0.25, 0.3) is 5.91 Å². The third-order valence-electron chi connectivity index (χ3n) is 4.31. The van der Waals surface area contributed by atoms with E-state index in [9.17, 15) is 4.79 Å². The standard InChI is InChI=1S/C22H18N2O2/c25-22(20-15-18-13-7-8-14-19(18)26-20)24-23-21(16-9-3-1-4-10-16)17-11-5-2-6-12-17/h1-14,20H,15H2,(H,24,25)/t20-/m0/s1. The lowest BCUT2D eigenvalue weighted by Gasteiger charge is -2.11. The van der Waals surface area contributed by atoms with Gasteiger partial charge in [0.15, 0.2) is 6.10 Å². The molecule has 0 aliphatic carbocycles. The highest BCUT2D eigenvalue weighted by molar-refractivity contribution is 6.13. The number of hydrogen-bond acceptors (Lipinski definition) is 3. The van der Waals surface area contributed by atoms with E-state index in [0.717, 1.165) is 28.2 Å². The number of nitrogens with zero attached hydrogens (tertiary/aromatic N) is 1. The van der Waals surface area contributed by atoms with Gasteiger partial charge < -0.3 is 4.74 Å². The molecule has 128 valence electrons. The summed E-state index contributed by atoms with van der Waals surface area (Å²) in [6.07, 6.45) is 0.00716. The van der Waals surface area contributed by atoms with Crippen LogP contribution in [0.25, 0.3) is 0 Å². The Kier molecular flexibility index (Phi) is 4.48. The Morgan fingerprint density at radius 2 is 1.42 bits per heavy atom. The molecule has 3 aromatic rings. The van der Waals surface area contributed by atoms with E-state index >= 15 is 0 Å². The van der Waals surface area contributed by atoms with Crippen molar-refractivity contribution in [2.75, 3.05) is 0 Å². The number of hydrogen-bond donors (Lipinski definition) is 1. The topological polar surface area (TPSA) is 50.7 Å². The van der Waals surface area contributed by atoms with Gasteiger partial charge in [-0.15, -0.1) is 0 Å². The summed E-state index contributed by atoms with van der Waals surface area (Å²) in [7, 11) is 0. The number of fused-ring (bicyclic) bond motifs is 1. The molecule has 1 atom stereocenters. The molecular weight excluding hydrogens is 324 g/mol. The Morgan fingerprint density at radius 3 is 2.04 bits per heavy atom. The van der Waals surface area contributed by atoms with Crippen molar-refractivity contribution in [1.29, 1.82) is 0 Å². The van der Waals surface area contributed by atoms with E-state index in [1.807, 2.05) is 84.9 Å². The summed E-state index contributed by atoms with van der Waals surface area (Å²) in [6, 6.07) is 27.3. The molecule has 0 aromatic heterocycles. The van der Waals surface area contributed by atoms with Crippen LogP contribution in [0.2, 0.25) is 0 Å². The molecule has 1 aliphatic heterocycles. The molecule has 0 saturated carbocycles. The minimum atomic E-state index is -0.552. The van der Waals surface area contributed by atoms with Crippen LogP contribution in [-0.2, 0) is 11.2 Å². The van der Waals surface area contributed by atoms with Gasteiger partial charge >= 0.3 is 0 Å². The van der Waals surface area contributed by atoms with E-state index in [2.05, 4.69) is 10.5 Å². The quantitative estimate of drug-likeness (QED) is 0.582. The van der Waals surface area contributed by atoms with Crippen LogP contribution in [0.5, 0.6) is 5.75 Å². The van der Waals surface area contributed by atoms with Crippen molar-refractivity contribution < 1.29 is 9.53 Å². The molecule has 0 radical (unpaired) electrons. The van der Waals surface area contributed by atoms with Crippen LogP contribution in [0.1, 0.15) is 16.7 Å². The molecule has 0 fully saturated rings. The van der Waals surface area contributed by atoms with Crippen LogP contribution in [-0.4, -0.2) is 17.7 Å². The zero-order chi connectivity index (χ0) is 17.8. The van der Waals surface area contributed by atoms with Gasteiger partial charge in [0, 0.05) is 17.5 Å². The van der Waals surface area contributed by atoms with Gasteiger partial charge in [-0.05, 0) is 11.6 Å². The summed E-state index contributed by atoms with van der Waals surface area (Å²) in [6.45, 7) is 0. The van der Waals surface area contributed by atoms with Crippen molar-refractivity contribution in [3.63, 3.8) is 0 Å². The predicted octanol–water partition coefficient (Wildman–Crippen LogP) is 3.56. The number of carbonyl (C=O) groups excluding carboxylic acids is 1. The lowest BCUT2D eigenvalue weighted by molar-refractivity contribution is -0.127. The molecule has 0 bridgehead atoms. The lowest BCUT2D eigenvalue weighted by atomic mass is 10.0. The molecule has 1 N–H and O–H groups in total. The highest BCUT2D eigenvalue weighted by atomic mass is 16.5. The summed E-state index contributed by atoms with van der Waals surface area (Å²) in [5, 5.41) is 4.41. The van der Waals surface area contributed by atoms with E-state index in [0.29, 0.717) is 6.42 Å². The number of benzene rings is 3. The van der Waals surface area contributed by atoms with Crippen LogP contribution < -0.4 is 10.2 Å². The van der Waals surface area contributed by atoms with Crippen molar-refractivity contribution >= 4 is 11.6 Å². The predicted molar refractivity (Wildman–Crippen MR) is 101 cm³/mol. The Hall–Kier alpha value is -3.40. The minimum absolute atomic E-state index is 0.245. The largest absolute Gasteiger partial charge is 0.480 e. The molecule has 1 amide bonds. The Morgan fingerprint density at radius 1 is 0.846 bits per heavy atom. The smallest absolute Gasteiger partial charge is 0.281 e. The number of ether oxygens (including phenoxy) is 1. The van der Waals surface area contributed by atoms with Crippen LogP contribution >= 0.6 is 0 Å². The van der Waals surface area contributed by atoms with Gasteiger partial charge in [0.2, 0.25) is 0 Å². The SMILES string of the molecule is O=C(NN=C(c1ccccc1)c1ccccc1)[C@@H]1Cc2ccccc2O1. The fourth-order valence-electron chi connectivity index (χ4n) is 3.00. The molecule has 4 heteroatoms. The molecule has 4 nitrogen and oxygen atoms in total. The number of amides is 1. The molecule has 3 aromatic carbocycles. The van der Waals surface area contributed by atoms with Crippen LogP contribution in [0.15, 0.2) is 90.0 Å². The third kappa shape index (κ3) is 3.35. The maximum absolute atomic E-state index is 12.5. The monoisotopic (exact) mass is 342 g/mol. The number of carbonyl (C=O) groups is 1. The highest BCUT2D eigenvalue weighted by Gasteiger charge is 2.28. The highest BCUT2D eigenvalue weighted by Crippen LogP contribution is 2.28. The van der Waals surface area contributed by atoms with Crippen molar-refractivity contribution in [2.24, 2.45) is 5.10 Å². The normalized spacial score (nSPS) is 14.8. The van der Waals surface area contributed by atoms with Gasteiger partial charge in [-0.25, -0.2) is 5.43 Å². The minimum Gasteiger partial charge on any atom is -0.480 e. The molecular formula is C22H18N2O2. The molecule has 26 heavy (non-hydrogen) atoms. The van der Waals surface area contributed by atoms with Crippen LogP contribution in [0.4, 0.5) is 0 Å². The van der Waals surface area contributed by atoms with Crippen molar-refractivity contribution in [2.45, 2.75) is 12.5 Å². The first kappa shape index (κ1) is 16.1. The van der Waals surface area contributed by atoms with Gasteiger partial charge in [-0.1, -0.05) is 78.9 Å². The molecule has 0 unspecified atom stereocenters. The zero-order valence-corrected chi connectivity index (χ0v) is 14.1. The number of para-hydroxylation sites is 1. The van der Waals surface area contributed by atoms with E-state index in [1.54, 1.807) is 0 Å². The van der Waals surface area contributed by atoms with E-state index in [1.165, 1.54) is 0 Å². The Balaban J connectivity index is 1.55. The van der Waals surface area contributed by atoms with Crippen molar-refractivity contribution in [3.05, 3.63) is 102 Å². The molecule has 0 spiro atoms. The summed E-state index contributed by atoms with van der Waals surface area (Å²) in [5.74, 6) is 0.522. The van der Waals surface area contributed by atoms with Crippen molar-refractivity contribution in [1.82, 2.24) is 5.43 Å². The number of nitrogens with one attached hydrogen (secondary N) is 1. The average Bonchev–Trinajstić information content (AvgIpc) is 3.14. The fraction of sp³-hybridized carbons (Fsp3) is 0.0909.